The Kier molecular flexibility index (Phi) is 3.64. The maximum absolute atomic E-state index is 6.22. The third kappa shape index (κ3) is 2.87. The normalized spacial score (nSPS) is 28.3. The van der Waals surface area contributed by atoms with Crippen LogP contribution in [0.5, 0.6) is 11.5 Å². The molecule has 5 rings (SSSR count). The maximum atomic E-state index is 6.22. The molecule has 0 bridgehead atoms. The highest BCUT2D eigenvalue weighted by Crippen LogP contribution is 2.41. The van der Waals surface area contributed by atoms with Crippen LogP contribution in [0, 0.1) is 12.8 Å². The van der Waals surface area contributed by atoms with Gasteiger partial charge in [-0.05, 0) is 49.9 Å². The van der Waals surface area contributed by atoms with Crippen LogP contribution in [-0.4, -0.2) is 41.0 Å². The number of benzene rings is 1. The number of aromatic nitrogens is 2. The van der Waals surface area contributed by atoms with E-state index in [0.717, 1.165) is 44.0 Å². The zero-order valence-electron chi connectivity index (χ0n) is 14.2. The molecule has 7 heteroatoms. The minimum absolute atomic E-state index is 0.0540. The topological polar surface area (TPSA) is 69.9 Å². The number of rotatable bonds is 3. The molecule has 0 amide bonds. The van der Waals surface area contributed by atoms with E-state index in [-0.39, 0.29) is 12.2 Å². The lowest BCUT2D eigenvalue weighted by molar-refractivity contribution is -0.0189. The molecule has 2 aromatic rings. The van der Waals surface area contributed by atoms with E-state index in [1.165, 1.54) is 5.56 Å². The number of piperidine rings is 1. The largest absolute Gasteiger partial charge is 0.454 e. The first kappa shape index (κ1) is 15.2. The molecule has 1 aromatic carbocycles. The summed E-state index contributed by atoms with van der Waals surface area (Å²) >= 11 is 0. The van der Waals surface area contributed by atoms with Crippen molar-refractivity contribution in [2.75, 3.05) is 19.9 Å². The summed E-state index contributed by atoms with van der Waals surface area (Å²) in [5.74, 6) is 3.54. The summed E-state index contributed by atoms with van der Waals surface area (Å²) in [4.78, 5) is 6.77. The van der Waals surface area contributed by atoms with E-state index in [2.05, 4.69) is 27.2 Å². The third-order valence-corrected chi connectivity index (χ3v) is 5.30. The van der Waals surface area contributed by atoms with E-state index in [4.69, 9.17) is 18.7 Å². The van der Waals surface area contributed by atoms with E-state index in [1.54, 1.807) is 0 Å². The number of aryl methyl sites for hydroxylation is 1. The van der Waals surface area contributed by atoms with Crippen LogP contribution in [0.3, 0.4) is 0 Å². The lowest BCUT2D eigenvalue weighted by atomic mass is 9.91. The van der Waals surface area contributed by atoms with Gasteiger partial charge in [0.25, 0.3) is 5.89 Å². The van der Waals surface area contributed by atoms with Crippen molar-refractivity contribution in [2.24, 2.45) is 5.92 Å². The molecule has 25 heavy (non-hydrogen) atoms. The molecule has 0 spiro atoms. The second-order valence-corrected chi connectivity index (χ2v) is 7.05. The van der Waals surface area contributed by atoms with Crippen LogP contribution in [-0.2, 0) is 11.3 Å². The quantitative estimate of drug-likeness (QED) is 0.848. The van der Waals surface area contributed by atoms with Crippen LogP contribution < -0.4 is 9.47 Å². The minimum atomic E-state index is -0.0540. The van der Waals surface area contributed by atoms with Gasteiger partial charge in [-0.2, -0.15) is 4.98 Å². The fourth-order valence-corrected chi connectivity index (χ4v) is 4.04. The van der Waals surface area contributed by atoms with E-state index in [1.807, 2.05) is 13.0 Å². The summed E-state index contributed by atoms with van der Waals surface area (Å²) in [5.41, 5.74) is 1.24. The van der Waals surface area contributed by atoms with Gasteiger partial charge in [0.1, 0.15) is 6.10 Å². The molecule has 4 heterocycles. The van der Waals surface area contributed by atoms with Crippen LogP contribution in [0.4, 0.5) is 0 Å². The van der Waals surface area contributed by atoms with Crippen molar-refractivity contribution in [2.45, 2.75) is 38.5 Å². The Hall–Kier alpha value is -2.12. The van der Waals surface area contributed by atoms with Gasteiger partial charge in [0, 0.05) is 13.1 Å². The van der Waals surface area contributed by atoms with Crippen molar-refractivity contribution in [3.05, 3.63) is 35.5 Å². The smallest absolute Gasteiger partial charge is 0.255 e. The lowest BCUT2D eigenvalue weighted by Gasteiger charge is -2.34. The molecular weight excluding hydrogens is 322 g/mol. The minimum Gasteiger partial charge on any atom is -0.454 e. The van der Waals surface area contributed by atoms with Crippen molar-refractivity contribution >= 4 is 0 Å². The molecule has 0 aliphatic carbocycles. The van der Waals surface area contributed by atoms with Crippen molar-refractivity contribution in [1.82, 2.24) is 15.0 Å². The molecule has 132 valence electrons. The fourth-order valence-electron chi connectivity index (χ4n) is 4.04. The molecule has 3 aliphatic rings. The van der Waals surface area contributed by atoms with Crippen LogP contribution in [0.15, 0.2) is 22.7 Å². The van der Waals surface area contributed by atoms with Crippen LogP contribution >= 0.6 is 0 Å². The summed E-state index contributed by atoms with van der Waals surface area (Å²) in [7, 11) is 0. The van der Waals surface area contributed by atoms with E-state index in [9.17, 15) is 0 Å². The first-order valence-electron chi connectivity index (χ1n) is 8.81. The van der Waals surface area contributed by atoms with E-state index >= 15 is 0 Å². The third-order valence-electron chi connectivity index (χ3n) is 5.30. The summed E-state index contributed by atoms with van der Waals surface area (Å²) in [5, 5.41) is 3.88. The van der Waals surface area contributed by atoms with Gasteiger partial charge >= 0.3 is 0 Å². The van der Waals surface area contributed by atoms with Crippen LogP contribution in [0.1, 0.15) is 36.2 Å². The maximum Gasteiger partial charge on any atom is 0.255 e. The van der Waals surface area contributed by atoms with Gasteiger partial charge in [-0.1, -0.05) is 11.2 Å². The second kappa shape index (κ2) is 6.00. The van der Waals surface area contributed by atoms with Crippen molar-refractivity contribution in [3.63, 3.8) is 0 Å². The first-order chi connectivity index (χ1) is 12.2. The molecule has 7 nitrogen and oxygen atoms in total. The summed E-state index contributed by atoms with van der Waals surface area (Å²) in [6.07, 6.45) is 2.30. The Morgan fingerprint density at radius 1 is 1.24 bits per heavy atom. The number of likely N-dealkylation sites (tertiary alicyclic amines) is 1. The standard InChI is InChI=1S/C18H21N3O4/c1-11-19-18(25-20-11)16-7-13-4-5-21(9-17(13)24-16)8-12-2-3-14-15(6-12)23-10-22-14/h2-3,6,13,16-17H,4-5,7-10H2,1H3/t13-,16+,17+/m0/s1. The molecule has 0 saturated carbocycles. The number of hydrogen-bond donors (Lipinski definition) is 0. The lowest BCUT2D eigenvalue weighted by Crippen LogP contribution is -2.41. The molecule has 3 atom stereocenters. The molecule has 3 aliphatic heterocycles. The van der Waals surface area contributed by atoms with Gasteiger partial charge < -0.3 is 18.7 Å². The van der Waals surface area contributed by atoms with Gasteiger partial charge in [0.15, 0.2) is 17.3 Å². The van der Waals surface area contributed by atoms with Gasteiger partial charge in [-0.25, -0.2) is 0 Å². The summed E-state index contributed by atoms with van der Waals surface area (Å²) in [6.45, 7) is 5.06. The van der Waals surface area contributed by atoms with Gasteiger partial charge in [-0.15, -0.1) is 0 Å². The van der Waals surface area contributed by atoms with Gasteiger partial charge in [-0.3, -0.25) is 4.90 Å². The van der Waals surface area contributed by atoms with Crippen molar-refractivity contribution in [1.29, 1.82) is 0 Å². The summed E-state index contributed by atoms with van der Waals surface area (Å²) < 4.78 is 22.4. The zero-order valence-corrected chi connectivity index (χ0v) is 14.2. The Morgan fingerprint density at radius 2 is 2.16 bits per heavy atom. The highest BCUT2D eigenvalue weighted by atomic mass is 16.7. The van der Waals surface area contributed by atoms with Gasteiger partial charge in [0.2, 0.25) is 6.79 Å². The van der Waals surface area contributed by atoms with Crippen LogP contribution in [0.2, 0.25) is 0 Å². The van der Waals surface area contributed by atoms with E-state index < -0.39 is 0 Å². The van der Waals surface area contributed by atoms with E-state index in [0.29, 0.717) is 24.4 Å². The number of ether oxygens (including phenoxy) is 3. The average molecular weight is 343 g/mol. The Labute approximate surface area is 145 Å². The number of fused-ring (bicyclic) bond motifs is 2. The highest BCUT2D eigenvalue weighted by Gasteiger charge is 2.41. The predicted octanol–water partition coefficient (Wildman–Crippen LogP) is 2.46. The fraction of sp³-hybridized carbons (Fsp3) is 0.556. The molecular formula is C18H21N3O4. The Bertz CT molecular complexity index is 777. The average Bonchev–Trinajstić information content (AvgIpc) is 3.32. The Morgan fingerprint density at radius 3 is 3.04 bits per heavy atom. The number of hydrogen-bond acceptors (Lipinski definition) is 7. The predicted molar refractivity (Wildman–Crippen MR) is 87.2 cm³/mol. The van der Waals surface area contributed by atoms with Crippen molar-refractivity contribution in [3.8, 4) is 11.5 Å². The molecule has 0 unspecified atom stereocenters. The monoisotopic (exact) mass is 343 g/mol. The molecule has 2 saturated heterocycles. The number of nitrogens with zero attached hydrogens (tertiary/aromatic N) is 3. The van der Waals surface area contributed by atoms with Crippen molar-refractivity contribution < 1.29 is 18.7 Å². The van der Waals surface area contributed by atoms with Crippen LogP contribution in [0.25, 0.3) is 0 Å². The Balaban J connectivity index is 1.23. The highest BCUT2D eigenvalue weighted by molar-refractivity contribution is 5.44. The second-order valence-electron chi connectivity index (χ2n) is 7.05. The molecule has 0 radical (unpaired) electrons. The molecule has 0 N–H and O–H groups in total. The molecule has 2 fully saturated rings. The SMILES string of the molecule is Cc1noc([C@H]2C[C@@H]3CCN(Cc4ccc5c(c4)OCO5)C[C@H]3O2)n1. The molecule has 1 aromatic heterocycles. The summed E-state index contributed by atoms with van der Waals surface area (Å²) in [6, 6.07) is 6.18. The zero-order chi connectivity index (χ0) is 16.8. The first-order valence-corrected chi connectivity index (χ1v) is 8.81. The van der Waals surface area contributed by atoms with Gasteiger partial charge in [0.05, 0.1) is 6.10 Å².